The zero-order chi connectivity index (χ0) is 15.6. The van der Waals surface area contributed by atoms with E-state index in [1.807, 2.05) is 0 Å². The SMILES string of the molecule is CCCn1nc(C)c([N+](=O)[O-])c1NC1CCC(C)CC1C. The molecule has 21 heavy (non-hydrogen) atoms. The Hall–Kier alpha value is -1.59. The monoisotopic (exact) mass is 294 g/mol. The van der Waals surface area contributed by atoms with Gasteiger partial charge < -0.3 is 5.32 Å². The molecule has 0 radical (unpaired) electrons. The minimum Gasteiger partial charge on any atom is -0.362 e. The predicted octanol–water partition coefficient (Wildman–Crippen LogP) is 3.75. The molecule has 3 unspecified atom stereocenters. The van der Waals surface area contributed by atoms with Gasteiger partial charge in [-0.1, -0.05) is 20.8 Å². The van der Waals surface area contributed by atoms with Gasteiger partial charge in [-0.15, -0.1) is 0 Å². The molecule has 1 heterocycles. The molecule has 1 aliphatic rings. The van der Waals surface area contributed by atoms with Crippen LogP contribution in [0.3, 0.4) is 0 Å². The Balaban J connectivity index is 2.27. The van der Waals surface area contributed by atoms with Gasteiger partial charge in [-0.3, -0.25) is 10.1 Å². The number of nitrogens with one attached hydrogen (secondary N) is 1. The number of rotatable bonds is 5. The van der Waals surface area contributed by atoms with Gasteiger partial charge in [-0.05, 0) is 44.4 Å². The van der Waals surface area contributed by atoms with E-state index in [2.05, 4.69) is 31.2 Å². The number of hydrogen-bond donors (Lipinski definition) is 1. The summed E-state index contributed by atoms with van der Waals surface area (Å²) >= 11 is 0. The van der Waals surface area contributed by atoms with Crippen LogP contribution in [-0.4, -0.2) is 20.7 Å². The van der Waals surface area contributed by atoms with Gasteiger partial charge in [-0.25, -0.2) is 4.68 Å². The van der Waals surface area contributed by atoms with E-state index in [0.717, 1.165) is 18.8 Å². The molecule has 0 amide bonds. The number of anilines is 1. The van der Waals surface area contributed by atoms with Crippen LogP contribution in [0.2, 0.25) is 0 Å². The van der Waals surface area contributed by atoms with E-state index in [1.165, 1.54) is 12.8 Å². The van der Waals surface area contributed by atoms with Crippen molar-refractivity contribution in [3.63, 3.8) is 0 Å². The Labute approximate surface area is 126 Å². The molecule has 0 aliphatic heterocycles. The molecule has 0 aromatic carbocycles. The number of aryl methyl sites for hydroxylation is 2. The lowest BCUT2D eigenvalue weighted by molar-refractivity contribution is -0.384. The van der Waals surface area contributed by atoms with Crippen molar-refractivity contribution >= 4 is 11.5 Å². The highest BCUT2D eigenvalue weighted by Gasteiger charge is 2.31. The van der Waals surface area contributed by atoms with Crippen LogP contribution in [0.5, 0.6) is 0 Å². The first-order chi connectivity index (χ1) is 9.93. The molecule has 0 spiro atoms. The second kappa shape index (κ2) is 6.45. The number of hydrogen-bond acceptors (Lipinski definition) is 4. The Bertz CT molecular complexity index is 512. The summed E-state index contributed by atoms with van der Waals surface area (Å²) in [5.41, 5.74) is 0.627. The average molecular weight is 294 g/mol. The van der Waals surface area contributed by atoms with Crippen molar-refractivity contribution in [2.24, 2.45) is 11.8 Å². The highest BCUT2D eigenvalue weighted by atomic mass is 16.6. The van der Waals surface area contributed by atoms with Crippen molar-refractivity contribution < 1.29 is 4.92 Å². The van der Waals surface area contributed by atoms with Crippen molar-refractivity contribution in [2.45, 2.75) is 66.0 Å². The first-order valence-electron chi connectivity index (χ1n) is 7.92. The van der Waals surface area contributed by atoms with Crippen molar-refractivity contribution in [1.82, 2.24) is 9.78 Å². The van der Waals surface area contributed by atoms with Gasteiger partial charge in [-0.2, -0.15) is 5.10 Å². The molecule has 1 aliphatic carbocycles. The van der Waals surface area contributed by atoms with Gasteiger partial charge in [0.25, 0.3) is 0 Å². The maximum Gasteiger partial charge on any atom is 0.333 e. The van der Waals surface area contributed by atoms with E-state index in [9.17, 15) is 10.1 Å². The van der Waals surface area contributed by atoms with Crippen LogP contribution in [0.25, 0.3) is 0 Å². The van der Waals surface area contributed by atoms with Gasteiger partial charge in [0.15, 0.2) is 0 Å². The van der Waals surface area contributed by atoms with Crippen molar-refractivity contribution in [3.8, 4) is 0 Å². The normalized spacial score (nSPS) is 25.8. The Morgan fingerprint density at radius 3 is 2.71 bits per heavy atom. The molecule has 0 bridgehead atoms. The van der Waals surface area contributed by atoms with Gasteiger partial charge in [0.1, 0.15) is 5.69 Å². The molecule has 6 nitrogen and oxygen atoms in total. The van der Waals surface area contributed by atoms with E-state index in [-0.39, 0.29) is 10.6 Å². The van der Waals surface area contributed by atoms with Crippen LogP contribution < -0.4 is 5.32 Å². The summed E-state index contributed by atoms with van der Waals surface area (Å²) < 4.78 is 1.76. The standard InChI is InChI=1S/C15H26N4O2/c1-5-8-18-15(14(19(20)21)12(4)17-18)16-13-7-6-10(2)9-11(13)3/h10-11,13,16H,5-9H2,1-4H3. The fourth-order valence-corrected chi connectivity index (χ4v) is 3.36. The fraction of sp³-hybridized carbons (Fsp3) is 0.800. The minimum absolute atomic E-state index is 0.134. The first kappa shape index (κ1) is 15.8. The summed E-state index contributed by atoms with van der Waals surface area (Å²) in [6.07, 6.45) is 4.32. The van der Waals surface area contributed by atoms with E-state index in [1.54, 1.807) is 11.6 Å². The molecular weight excluding hydrogens is 268 g/mol. The number of aromatic nitrogens is 2. The second-order valence-electron chi connectivity index (χ2n) is 6.41. The van der Waals surface area contributed by atoms with Gasteiger partial charge in [0.2, 0.25) is 5.82 Å². The number of nitrogens with zero attached hydrogens (tertiary/aromatic N) is 3. The van der Waals surface area contributed by atoms with Crippen LogP contribution in [0.1, 0.15) is 52.1 Å². The van der Waals surface area contributed by atoms with Crippen LogP contribution in [-0.2, 0) is 6.54 Å². The molecule has 1 aromatic rings. The molecule has 1 saturated carbocycles. The van der Waals surface area contributed by atoms with E-state index in [4.69, 9.17) is 0 Å². The van der Waals surface area contributed by atoms with E-state index in [0.29, 0.717) is 30.0 Å². The predicted molar refractivity (Wildman–Crippen MR) is 83.5 cm³/mol. The largest absolute Gasteiger partial charge is 0.362 e. The third-order valence-corrected chi connectivity index (χ3v) is 4.47. The Morgan fingerprint density at radius 1 is 1.43 bits per heavy atom. The summed E-state index contributed by atoms with van der Waals surface area (Å²) in [5.74, 6) is 1.86. The van der Waals surface area contributed by atoms with Gasteiger partial charge in [0.05, 0.1) is 4.92 Å². The van der Waals surface area contributed by atoms with E-state index >= 15 is 0 Å². The lowest BCUT2D eigenvalue weighted by atomic mass is 9.80. The molecular formula is C15H26N4O2. The van der Waals surface area contributed by atoms with Crippen molar-refractivity contribution in [2.75, 3.05) is 5.32 Å². The lowest BCUT2D eigenvalue weighted by Gasteiger charge is -2.33. The molecule has 1 N–H and O–H groups in total. The fourth-order valence-electron chi connectivity index (χ4n) is 3.36. The highest BCUT2D eigenvalue weighted by molar-refractivity contribution is 5.60. The highest BCUT2D eigenvalue weighted by Crippen LogP contribution is 2.34. The van der Waals surface area contributed by atoms with Crippen molar-refractivity contribution in [1.29, 1.82) is 0 Å². The van der Waals surface area contributed by atoms with Gasteiger partial charge in [0, 0.05) is 12.6 Å². The molecule has 2 rings (SSSR count). The van der Waals surface area contributed by atoms with Crippen LogP contribution >= 0.6 is 0 Å². The molecule has 1 aromatic heterocycles. The minimum atomic E-state index is -0.313. The van der Waals surface area contributed by atoms with Crippen LogP contribution in [0, 0.1) is 28.9 Å². The molecule has 1 fully saturated rings. The third kappa shape index (κ3) is 3.36. The van der Waals surface area contributed by atoms with Crippen molar-refractivity contribution in [3.05, 3.63) is 15.8 Å². The smallest absolute Gasteiger partial charge is 0.333 e. The van der Waals surface area contributed by atoms with Crippen LogP contribution in [0.4, 0.5) is 11.5 Å². The topological polar surface area (TPSA) is 73.0 Å². The Kier molecular flexibility index (Phi) is 4.85. The summed E-state index contributed by atoms with van der Waals surface area (Å²) in [5, 5.41) is 19.1. The Morgan fingerprint density at radius 2 is 2.14 bits per heavy atom. The zero-order valence-electron chi connectivity index (χ0n) is 13.4. The maximum atomic E-state index is 11.3. The maximum absolute atomic E-state index is 11.3. The second-order valence-corrected chi connectivity index (χ2v) is 6.41. The lowest BCUT2D eigenvalue weighted by Crippen LogP contribution is -2.34. The number of nitro groups is 1. The quantitative estimate of drug-likeness (QED) is 0.663. The first-order valence-corrected chi connectivity index (χ1v) is 7.92. The summed E-state index contributed by atoms with van der Waals surface area (Å²) in [6, 6.07) is 0.298. The zero-order valence-corrected chi connectivity index (χ0v) is 13.4. The summed E-state index contributed by atoms with van der Waals surface area (Å²) in [4.78, 5) is 11.0. The summed E-state index contributed by atoms with van der Waals surface area (Å²) in [7, 11) is 0. The molecule has 3 atom stereocenters. The molecule has 118 valence electrons. The average Bonchev–Trinajstić information content (AvgIpc) is 2.69. The van der Waals surface area contributed by atoms with Crippen LogP contribution in [0.15, 0.2) is 0 Å². The summed E-state index contributed by atoms with van der Waals surface area (Å²) in [6.45, 7) is 8.97. The molecule has 0 saturated heterocycles. The van der Waals surface area contributed by atoms with E-state index < -0.39 is 0 Å². The van der Waals surface area contributed by atoms with Gasteiger partial charge >= 0.3 is 5.69 Å². The third-order valence-electron chi connectivity index (χ3n) is 4.47. The molecule has 6 heteroatoms.